The predicted octanol–water partition coefficient (Wildman–Crippen LogP) is 7.46. The van der Waals surface area contributed by atoms with Gasteiger partial charge in [-0.2, -0.15) is 13.2 Å². The zero-order chi connectivity index (χ0) is 27.7. The van der Waals surface area contributed by atoms with Crippen molar-refractivity contribution in [2.45, 2.75) is 6.18 Å². The van der Waals surface area contributed by atoms with Gasteiger partial charge in [0.05, 0.1) is 22.3 Å². The lowest BCUT2D eigenvalue weighted by Crippen LogP contribution is -2.08. The van der Waals surface area contributed by atoms with Crippen LogP contribution in [0.5, 0.6) is 17.2 Å². The van der Waals surface area contributed by atoms with Gasteiger partial charge in [-0.3, -0.25) is 0 Å². The Hall–Kier alpha value is -5.16. The van der Waals surface area contributed by atoms with Gasteiger partial charge in [0.25, 0.3) is 0 Å². The Morgan fingerprint density at radius 3 is 2.18 bits per heavy atom. The molecule has 1 heterocycles. The lowest BCUT2D eigenvalue weighted by atomic mass is 9.99. The summed E-state index contributed by atoms with van der Waals surface area (Å²) in [6.07, 6.45) is -4.64. The highest BCUT2D eigenvalue weighted by Crippen LogP contribution is 2.42. The van der Waals surface area contributed by atoms with Crippen LogP contribution in [-0.4, -0.2) is 20.7 Å². The molecule has 5 nitrogen and oxygen atoms in total. The van der Waals surface area contributed by atoms with Crippen LogP contribution in [0.25, 0.3) is 22.2 Å². The van der Waals surface area contributed by atoms with Gasteiger partial charge >= 0.3 is 12.1 Å². The molecule has 5 aromatic rings. The van der Waals surface area contributed by atoms with E-state index < -0.39 is 23.5 Å². The van der Waals surface area contributed by atoms with Crippen molar-refractivity contribution in [2.75, 3.05) is 0 Å². The van der Waals surface area contributed by atoms with E-state index in [1.807, 2.05) is 30.3 Å². The van der Waals surface area contributed by atoms with Crippen LogP contribution in [0.3, 0.4) is 0 Å². The minimum Gasteiger partial charge on any atom is -0.507 e. The number of hydrogen-bond acceptors (Lipinski definition) is 3. The van der Waals surface area contributed by atoms with Gasteiger partial charge in [0.2, 0.25) is 0 Å². The van der Waals surface area contributed by atoms with Gasteiger partial charge in [-0.25, -0.2) is 4.79 Å². The third-order valence-corrected chi connectivity index (χ3v) is 6.20. The fourth-order valence-electron chi connectivity index (χ4n) is 4.39. The fourth-order valence-corrected chi connectivity index (χ4v) is 4.39. The van der Waals surface area contributed by atoms with E-state index in [1.165, 1.54) is 34.9 Å². The maximum absolute atomic E-state index is 14.0. The minimum absolute atomic E-state index is 0.115. The fraction of sp³-hybridized carbons (Fsp3) is 0.0645. The molecule has 0 saturated heterocycles. The molecule has 0 aliphatic carbocycles. The number of aromatic nitrogens is 1. The van der Waals surface area contributed by atoms with Crippen LogP contribution in [0.2, 0.25) is 0 Å². The third-order valence-electron chi connectivity index (χ3n) is 6.20. The molecule has 194 valence electrons. The second-order valence-electron chi connectivity index (χ2n) is 8.71. The first-order valence-corrected chi connectivity index (χ1v) is 11.7. The maximum atomic E-state index is 14.0. The van der Waals surface area contributed by atoms with E-state index in [9.17, 15) is 28.2 Å². The molecule has 0 aliphatic heterocycles. The van der Waals surface area contributed by atoms with Crippen LogP contribution in [0.1, 0.15) is 27.0 Å². The Balaban J connectivity index is 1.67. The summed E-state index contributed by atoms with van der Waals surface area (Å²) in [5.74, 6) is 5.32. The van der Waals surface area contributed by atoms with Gasteiger partial charge in [-0.05, 0) is 48.5 Å². The van der Waals surface area contributed by atoms with Gasteiger partial charge in [-0.15, -0.1) is 0 Å². The van der Waals surface area contributed by atoms with E-state index in [-0.39, 0.29) is 22.4 Å². The zero-order valence-corrected chi connectivity index (χ0v) is 20.5. The molecule has 0 fully saturated rings. The highest BCUT2D eigenvalue weighted by Gasteiger charge is 2.35. The van der Waals surface area contributed by atoms with Crippen molar-refractivity contribution < 1.29 is 32.9 Å². The second kappa shape index (κ2) is 9.95. The number of benzene rings is 4. The molecule has 0 unspecified atom stereocenters. The average Bonchev–Trinajstić information content (AvgIpc) is 3.18. The maximum Gasteiger partial charge on any atom is 0.417 e. The Bertz CT molecular complexity index is 1760. The summed E-state index contributed by atoms with van der Waals surface area (Å²) in [6.45, 7) is 0. The van der Waals surface area contributed by atoms with Crippen molar-refractivity contribution in [1.82, 2.24) is 4.57 Å². The predicted molar refractivity (Wildman–Crippen MR) is 141 cm³/mol. The molecular weight excluding hydrogens is 507 g/mol. The molecule has 39 heavy (non-hydrogen) atoms. The van der Waals surface area contributed by atoms with E-state index in [1.54, 1.807) is 31.3 Å². The van der Waals surface area contributed by atoms with Crippen molar-refractivity contribution in [3.8, 4) is 40.3 Å². The monoisotopic (exact) mass is 527 g/mol. The number of aryl methyl sites for hydroxylation is 1. The van der Waals surface area contributed by atoms with Crippen molar-refractivity contribution in [3.05, 3.63) is 113 Å². The lowest BCUT2D eigenvalue weighted by molar-refractivity contribution is -0.137. The Labute approximate surface area is 221 Å². The van der Waals surface area contributed by atoms with E-state index in [2.05, 4.69) is 11.8 Å². The molecule has 0 aliphatic rings. The number of carboxylic acid groups (broad SMARTS) is 1. The van der Waals surface area contributed by atoms with Crippen LogP contribution < -0.4 is 4.74 Å². The summed E-state index contributed by atoms with van der Waals surface area (Å²) in [4.78, 5) is 11.7. The largest absolute Gasteiger partial charge is 0.507 e. The number of aromatic hydroxyl groups is 1. The van der Waals surface area contributed by atoms with Crippen molar-refractivity contribution >= 4 is 16.9 Å². The van der Waals surface area contributed by atoms with Crippen LogP contribution >= 0.6 is 0 Å². The number of hydrogen-bond donors (Lipinski definition) is 2. The molecule has 1 aromatic heterocycles. The molecule has 0 saturated carbocycles. The molecule has 0 atom stereocenters. The zero-order valence-electron chi connectivity index (χ0n) is 20.5. The van der Waals surface area contributed by atoms with Crippen LogP contribution in [-0.2, 0) is 13.2 Å². The molecule has 2 N–H and O–H groups in total. The number of alkyl halides is 3. The first kappa shape index (κ1) is 25.5. The molecule has 8 heteroatoms. The van der Waals surface area contributed by atoms with Crippen LogP contribution in [0.4, 0.5) is 13.2 Å². The van der Waals surface area contributed by atoms with Crippen LogP contribution in [0, 0.1) is 11.8 Å². The number of fused-ring (bicyclic) bond motifs is 1. The first-order chi connectivity index (χ1) is 18.6. The highest BCUT2D eigenvalue weighted by atomic mass is 19.4. The van der Waals surface area contributed by atoms with Gasteiger partial charge in [0.1, 0.15) is 22.8 Å². The number of ether oxygens (including phenoxy) is 1. The summed E-state index contributed by atoms with van der Waals surface area (Å²) in [5.41, 5.74) is -0.0953. The Morgan fingerprint density at radius 2 is 1.51 bits per heavy atom. The molecule has 0 radical (unpaired) electrons. The first-order valence-electron chi connectivity index (χ1n) is 11.7. The summed E-state index contributed by atoms with van der Waals surface area (Å²) in [6, 6.07) is 23.7. The number of halogens is 3. The Kier molecular flexibility index (Phi) is 6.50. The topological polar surface area (TPSA) is 71.7 Å². The van der Waals surface area contributed by atoms with E-state index in [4.69, 9.17) is 4.74 Å². The molecule has 0 bridgehead atoms. The standard InChI is InChI=1S/C31H20F3NO4/c1-35-27-18-28(36)25(30(37)38)17-24(27)22(29(35)23-9-5-6-10-26(23)31(32,33)34)16-13-19-11-14-21(15-12-19)39-20-7-3-2-4-8-20/h2-12,14-15,17-18,36H,1H3,(H,37,38). The summed E-state index contributed by atoms with van der Waals surface area (Å²) >= 11 is 0. The number of aromatic carboxylic acids is 1. The normalized spacial score (nSPS) is 11.2. The average molecular weight is 527 g/mol. The number of phenols is 1. The number of para-hydroxylation sites is 1. The van der Waals surface area contributed by atoms with Gasteiger partial charge in [-0.1, -0.05) is 48.2 Å². The molecule has 0 amide bonds. The van der Waals surface area contributed by atoms with Crippen molar-refractivity contribution in [2.24, 2.45) is 7.05 Å². The number of rotatable bonds is 4. The molecular formula is C31H20F3NO4. The van der Waals surface area contributed by atoms with Crippen molar-refractivity contribution in [1.29, 1.82) is 0 Å². The van der Waals surface area contributed by atoms with Gasteiger partial charge in [0.15, 0.2) is 0 Å². The number of carbonyl (C=O) groups is 1. The summed E-state index contributed by atoms with van der Waals surface area (Å²) < 4.78 is 49.1. The van der Waals surface area contributed by atoms with E-state index >= 15 is 0 Å². The minimum atomic E-state index is -4.64. The van der Waals surface area contributed by atoms with Crippen LogP contribution in [0.15, 0.2) is 91.0 Å². The summed E-state index contributed by atoms with van der Waals surface area (Å²) in [5, 5.41) is 20.1. The van der Waals surface area contributed by atoms with E-state index in [0.29, 0.717) is 28.0 Å². The summed E-state index contributed by atoms with van der Waals surface area (Å²) in [7, 11) is 1.55. The number of carboxylic acids is 1. The molecule has 4 aromatic carbocycles. The highest BCUT2D eigenvalue weighted by molar-refractivity contribution is 6.02. The van der Waals surface area contributed by atoms with E-state index in [0.717, 1.165) is 6.07 Å². The smallest absolute Gasteiger partial charge is 0.417 e. The second-order valence-corrected chi connectivity index (χ2v) is 8.71. The molecule has 0 spiro atoms. The SMILES string of the molecule is Cn1c(-c2ccccc2C(F)(F)F)c(C#Cc2ccc(Oc3ccccc3)cc2)c2cc(C(=O)O)c(O)cc21. The number of nitrogens with zero attached hydrogens (tertiary/aromatic N) is 1. The molecule has 5 rings (SSSR count). The Morgan fingerprint density at radius 1 is 0.872 bits per heavy atom. The lowest BCUT2D eigenvalue weighted by Gasteiger charge is -2.14. The van der Waals surface area contributed by atoms with Crippen molar-refractivity contribution in [3.63, 3.8) is 0 Å². The van der Waals surface area contributed by atoms with Gasteiger partial charge < -0.3 is 19.5 Å². The third kappa shape index (κ3) is 5.03. The van der Waals surface area contributed by atoms with Gasteiger partial charge in [0, 0.05) is 29.6 Å². The quantitative estimate of drug-likeness (QED) is 0.238.